The van der Waals surface area contributed by atoms with Gasteiger partial charge in [-0.3, -0.25) is 14.6 Å². The number of nitrogens with zero attached hydrogens (tertiary/aromatic N) is 2. The molecule has 2 aromatic carbocycles. The minimum absolute atomic E-state index is 0.0807. The number of hydrogen-bond donors (Lipinski definition) is 1. The predicted molar refractivity (Wildman–Crippen MR) is 105 cm³/mol. The summed E-state index contributed by atoms with van der Waals surface area (Å²) in [6, 6.07) is 18.6. The Morgan fingerprint density at radius 3 is 2.70 bits per heavy atom. The highest BCUT2D eigenvalue weighted by atomic mass is 32.2. The van der Waals surface area contributed by atoms with Crippen LogP contribution in [0.15, 0.2) is 76.7 Å². The minimum Gasteiger partial charge on any atom is -0.346 e. The molecule has 134 valence electrons. The molecule has 5 nitrogen and oxygen atoms in total. The van der Waals surface area contributed by atoms with Crippen LogP contribution in [0.5, 0.6) is 0 Å². The van der Waals surface area contributed by atoms with Crippen molar-refractivity contribution in [2.24, 2.45) is 0 Å². The maximum Gasteiger partial charge on any atom is 0.259 e. The maximum atomic E-state index is 12.8. The van der Waals surface area contributed by atoms with Crippen molar-refractivity contribution < 1.29 is 9.59 Å². The summed E-state index contributed by atoms with van der Waals surface area (Å²) < 4.78 is 0. The molecule has 3 aromatic rings. The van der Waals surface area contributed by atoms with Crippen LogP contribution in [0.1, 0.15) is 26.4 Å². The number of benzene rings is 2. The fourth-order valence-corrected chi connectivity index (χ4v) is 4.01. The van der Waals surface area contributed by atoms with Gasteiger partial charge in [0.15, 0.2) is 0 Å². The Morgan fingerprint density at radius 2 is 1.89 bits per heavy atom. The molecule has 6 heteroatoms. The molecule has 0 radical (unpaired) electrons. The molecule has 1 aliphatic heterocycles. The summed E-state index contributed by atoms with van der Waals surface area (Å²) in [7, 11) is 1.74. The summed E-state index contributed by atoms with van der Waals surface area (Å²) in [5.74, 6) is -0.279. The Bertz CT molecular complexity index is 1020. The van der Waals surface area contributed by atoms with E-state index in [-0.39, 0.29) is 11.8 Å². The third-order valence-corrected chi connectivity index (χ3v) is 5.52. The van der Waals surface area contributed by atoms with Gasteiger partial charge in [0.2, 0.25) is 0 Å². The van der Waals surface area contributed by atoms with E-state index in [0.717, 1.165) is 21.2 Å². The van der Waals surface area contributed by atoms with Gasteiger partial charge in [-0.15, -0.1) is 0 Å². The summed E-state index contributed by atoms with van der Waals surface area (Å²) in [6.07, 6.45) is 1.69. The van der Waals surface area contributed by atoms with Crippen LogP contribution in [0.3, 0.4) is 0 Å². The topological polar surface area (TPSA) is 62.3 Å². The highest BCUT2D eigenvalue weighted by Gasteiger charge is 2.25. The van der Waals surface area contributed by atoms with E-state index in [1.54, 1.807) is 30.3 Å². The van der Waals surface area contributed by atoms with Gasteiger partial charge in [-0.25, -0.2) is 0 Å². The normalized spacial score (nSPS) is 12.8. The first-order valence-corrected chi connectivity index (χ1v) is 9.32. The molecule has 0 unspecified atom stereocenters. The van der Waals surface area contributed by atoms with E-state index < -0.39 is 0 Å². The van der Waals surface area contributed by atoms with Crippen molar-refractivity contribution >= 4 is 29.3 Å². The molecule has 1 aliphatic rings. The van der Waals surface area contributed by atoms with Crippen molar-refractivity contribution in [1.29, 1.82) is 0 Å². The molecular weight excluding hydrogens is 358 g/mol. The highest BCUT2D eigenvalue weighted by Crippen LogP contribution is 2.41. The molecule has 0 aliphatic carbocycles. The maximum absolute atomic E-state index is 12.8. The fourth-order valence-electron chi connectivity index (χ4n) is 2.92. The molecule has 2 heterocycles. The van der Waals surface area contributed by atoms with E-state index >= 15 is 0 Å². The SMILES string of the molecule is CN1C(=O)c2ccccc2Sc2ccc(C(=O)NCc3ccccn3)cc21. The molecule has 1 aromatic heterocycles. The van der Waals surface area contributed by atoms with Crippen LogP contribution in [0.2, 0.25) is 0 Å². The molecule has 2 amide bonds. The average molecular weight is 375 g/mol. The first kappa shape index (κ1) is 17.3. The molecule has 0 fully saturated rings. The van der Waals surface area contributed by atoms with Gasteiger partial charge in [0.25, 0.3) is 11.8 Å². The lowest BCUT2D eigenvalue weighted by Gasteiger charge is -2.18. The summed E-state index contributed by atoms with van der Waals surface area (Å²) >= 11 is 1.54. The smallest absolute Gasteiger partial charge is 0.259 e. The number of carbonyl (C=O) groups is 2. The molecule has 4 rings (SSSR count). The van der Waals surface area contributed by atoms with E-state index in [1.807, 2.05) is 48.5 Å². The summed E-state index contributed by atoms with van der Waals surface area (Å²) in [5, 5.41) is 2.87. The van der Waals surface area contributed by atoms with Crippen LogP contribution in [-0.4, -0.2) is 23.8 Å². The Balaban J connectivity index is 1.60. The molecule has 0 bridgehead atoms. The lowest BCUT2D eigenvalue weighted by molar-refractivity contribution is 0.0947. The second kappa shape index (κ2) is 7.25. The number of aromatic nitrogens is 1. The summed E-state index contributed by atoms with van der Waals surface area (Å²) in [4.78, 5) is 33.0. The largest absolute Gasteiger partial charge is 0.346 e. The van der Waals surface area contributed by atoms with E-state index in [0.29, 0.717) is 17.7 Å². The number of amides is 2. The van der Waals surface area contributed by atoms with E-state index in [1.165, 1.54) is 11.8 Å². The van der Waals surface area contributed by atoms with Crippen LogP contribution in [0.4, 0.5) is 5.69 Å². The quantitative estimate of drug-likeness (QED) is 0.757. The lowest BCUT2D eigenvalue weighted by atomic mass is 10.1. The number of rotatable bonds is 3. The summed E-state index contributed by atoms with van der Waals surface area (Å²) in [5.41, 5.74) is 2.70. The van der Waals surface area contributed by atoms with Crippen molar-refractivity contribution in [3.63, 3.8) is 0 Å². The van der Waals surface area contributed by atoms with Crippen LogP contribution >= 0.6 is 11.8 Å². The number of carbonyl (C=O) groups excluding carboxylic acids is 2. The average Bonchev–Trinajstić information content (AvgIpc) is 2.82. The van der Waals surface area contributed by atoms with Gasteiger partial charge < -0.3 is 10.2 Å². The number of fused-ring (bicyclic) bond motifs is 2. The molecule has 0 saturated carbocycles. The third kappa shape index (κ3) is 3.44. The van der Waals surface area contributed by atoms with E-state index in [4.69, 9.17) is 0 Å². The third-order valence-electron chi connectivity index (χ3n) is 4.38. The number of nitrogens with one attached hydrogen (secondary N) is 1. The molecular formula is C21H17N3O2S. The first-order valence-electron chi connectivity index (χ1n) is 8.50. The Hall–Kier alpha value is -3.12. The van der Waals surface area contributed by atoms with Crippen molar-refractivity contribution in [3.05, 3.63) is 83.7 Å². The van der Waals surface area contributed by atoms with Gasteiger partial charge in [-0.05, 0) is 42.5 Å². The zero-order valence-electron chi connectivity index (χ0n) is 14.7. The molecule has 0 saturated heterocycles. The van der Waals surface area contributed by atoms with Gasteiger partial charge in [0.1, 0.15) is 0 Å². The van der Waals surface area contributed by atoms with Crippen molar-refractivity contribution in [3.8, 4) is 0 Å². The van der Waals surface area contributed by atoms with Crippen LogP contribution < -0.4 is 10.2 Å². The number of pyridine rings is 1. The van der Waals surface area contributed by atoms with Crippen molar-refractivity contribution in [2.45, 2.75) is 16.3 Å². The Morgan fingerprint density at radius 1 is 1.07 bits per heavy atom. The number of anilines is 1. The molecule has 27 heavy (non-hydrogen) atoms. The van der Waals surface area contributed by atoms with Crippen molar-refractivity contribution in [1.82, 2.24) is 10.3 Å². The second-order valence-electron chi connectivity index (χ2n) is 6.15. The summed E-state index contributed by atoms with van der Waals surface area (Å²) in [6.45, 7) is 0.353. The predicted octanol–water partition coefficient (Wildman–Crippen LogP) is 3.75. The van der Waals surface area contributed by atoms with E-state index in [2.05, 4.69) is 10.3 Å². The Labute approximate surface area is 161 Å². The second-order valence-corrected chi connectivity index (χ2v) is 7.23. The van der Waals surface area contributed by atoms with Gasteiger partial charge in [-0.1, -0.05) is 30.0 Å². The first-order chi connectivity index (χ1) is 13.1. The van der Waals surface area contributed by atoms with Gasteiger partial charge in [0.05, 0.1) is 23.5 Å². The van der Waals surface area contributed by atoms with Crippen LogP contribution in [-0.2, 0) is 6.54 Å². The zero-order valence-corrected chi connectivity index (χ0v) is 15.5. The zero-order chi connectivity index (χ0) is 18.8. The molecule has 1 N–H and O–H groups in total. The fraction of sp³-hybridized carbons (Fsp3) is 0.0952. The Kier molecular flexibility index (Phi) is 4.64. The highest BCUT2D eigenvalue weighted by molar-refractivity contribution is 7.99. The monoisotopic (exact) mass is 375 g/mol. The molecule has 0 spiro atoms. The van der Waals surface area contributed by atoms with Gasteiger partial charge in [0, 0.05) is 28.6 Å². The lowest BCUT2D eigenvalue weighted by Crippen LogP contribution is -2.27. The van der Waals surface area contributed by atoms with Gasteiger partial charge >= 0.3 is 0 Å². The van der Waals surface area contributed by atoms with Crippen molar-refractivity contribution in [2.75, 3.05) is 11.9 Å². The minimum atomic E-state index is -0.198. The van der Waals surface area contributed by atoms with Crippen LogP contribution in [0.25, 0.3) is 0 Å². The molecule has 0 atom stereocenters. The van der Waals surface area contributed by atoms with E-state index in [9.17, 15) is 9.59 Å². The number of hydrogen-bond acceptors (Lipinski definition) is 4. The van der Waals surface area contributed by atoms with Gasteiger partial charge in [-0.2, -0.15) is 0 Å². The van der Waals surface area contributed by atoms with Crippen LogP contribution in [0, 0.1) is 0 Å². The standard InChI is InChI=1S/C21H17N3O2S/c1-24-17-12-14(20(25)23-13-15-6-4-5-11-22-15)9-10-19(17)27-18-8-3-2-7-16(18)21(24)26/h2-12H,13H2,1H3,(H,23,25).